The fourth-order valence-electron chi connectivity index (χ4n) is 4.27. The maximum atomic E-state index is 13.5. The number of ether oxygens (including phenoxy) is 1. The fourth-order valence-corrected chi connectivity index (χ4v) is 4.53. The minimum atomic E-state index is 0.0165. The normalized spacial score (nSPS) is 19.4. The Morgan fingerprint density at radius 2 is 2.11 bits per heavy atom. The molecule has 4 rings (SSSR count). The number of fused-ring (bicyclic) bond motifs is 1. The minimum Gasteiger partial charge on any atom is -0.497 e. The van der Waals surface area contributed by atoms with Crippen LogP contribution in [0.15, 0.2) is 36.2 Å². The Hall–Kier alpha value is -2.27. The van der Waals surface area contributed by atoms with Gasteiger partial charge in [-0.2, -0.15) is 5.10 Å². The summed E-state index contributed by atoms with van der Waals surface area (Å²) in [5.74, 6) is 1.22. The monoisotopic (exact) mass is 385 g/mol. The van der Waals surface area contributed by atoms with Crippen molar-refractivity contribution in [2.45, 2.75) is 32.1 Å². The molecule has 2 aromatic rings. The molecule has 1 aliphatic carbocycles. The number of hydrogen-bond donors (Lipinski definition) is 0. The molecule has 0 N–H and O–H groups in total. The number of halogens is 1. The van der Waals surface area contributed by atoms with Crippen LogP contribution in [0.4, 0.5) is 0 Å². The summed E-state index contributed by atoms with van der Waals surface area (Å²) in [6.45, 7) is 0.770. The molecule has 0 bridgehead atoms. The third-order valence-electron chi connectivity index (χ3n) is 5.62. The van der Waals surface area contributed by atoms with Gasteiger partial charge in [0.1, 0.15) is 5.75 Å². The quantitative estimate of drug-likeness (QED) is 0.771. The molecule has 142 valence electrons. The minimum absolute atomic E-state index is 0.0165. The van der Waals surface area contributed by atoms with Crippen LogP contribution in [-0.4, -0.2) is 34.2 Å². The average molecular weight is 386 g/mol. The second-order valence-corrected chi connectivity index (χ2v) is 7.64. The summed E-state index contributed by atoms with van der Waals surface area (Å²) in [5, 5.41) is 4.90. The number of methoxy groups -OCH3 is 1. The summed E-state index contributed by atoms with van der Waals surface area (Å²) in [4.78, 5) is 15.4. The van der Waals surface area contributed by atoms with E-state index in [0.29, 0.717) is 22.3 Å². The van der Waals surface area contributed by atoms with Gasteiger partial charge in [0.05, 0.1) is 29.6 Å². The van der Waals surface area contributed by atoms with Gasteiger partial charge in [0, 0.05) is 24.9 Å². The number of piperidine rings is 1. The molecule has 1 aromatic heterocycles. The summed E-state index contributed by atoms with van der Waals surface area (Å²) in [6, 6.07) is 5.50. The van der Waals surface area contributed by atoms with Gasteiger partial charge >= 0.3 is 0 Å². The van der Waals surface area contributed by atoms with Gasteiger partial charge in [-0.3, -0.25) is 9.48 Å². The summed E-state index contributed by atoms with van der Waals surface area (Å²) in [6.07, 6.45) is 9.59. The van der Waals surface area contributed by atoms with Gasteiger partial charge in [0.25, 0.3) is 5.91 Å². The molecule has 2 heterocycles. The Balaban J connectivity index is 1.73. The van der Waals surface area contributed by atoms with E-state index in [0.717, 1.165) is 30.6 Å². The van der Waals surface area contributed by atoms with Gasteiger partial charge < -0.3 is 9.64 Å². The number of amides is 1. The first kappa shape index (κ1) is 18.1. The van der Waals surface area contributed by atoms with Gasteiger partial charge in [0.2, 0.25) is 0 Å². The molecule has 1 fully saturated rings. The molecule has 27 heavy (non-hydrogen) atoms. The Kier molecular flexibility index (Phi) is 4.96. The third-order valence-corrected chi connectivity index (χ3v) is 5.93. The lowest BCUT2D eigenvalue weighted by Gasteiger charge is -2.38. The Morgan fingerprint density at radius 1 is 1.30 bits per heavy atom. The van der Waals surface area contributed by atoms with E-state index in [1.165, 1.54) is 25.0 Å². The number of aromatic nitrogens is 2. The van der Waals surface area contributed by atoms with Crippen LogP contribution in [0, 0.1) is 5.92 Å². The first-order chi connectivity index (χ1) is 13.1. The molecule has 5 nitrogen and oxygen atoms in total. The SMILES string of the molecule is COc1ccc(-c2c(C(=O)N3CCCC4CCCC=C43)cnn2C)c(Cl)c1. The van der Waals surface area contributed by atoms with Crippen LogP contribution >= 0.6 is 11.6 Å². The lowest BCUT2D eigenvalue weighted by atomic mass is 9.84. The second kappa shape index (κ2) is 7.39. The second-order valence-electron chi connectivity index (χ2n) is 7.23. The number of nitrogens with zero attached hydrogens (tertiary/aromatic N) is 3. The summed E-state index contributed by atoms with van der Waals surface area (Å²) in [5.41, 5.74) is 3.32. The van der Waals surface area contributed by atoms with E-state index in [-0.39, 0.29) is 5.91 Å². The van der Waals surface area contributed by atoms with Crippen LogP contribution in [0.2, 0.25) is 5.02 Å². The van der Waals surface area contributed by atoms with Crippen LogP contribution < -0.4 is 4.74 Å². The van der Waals surface area contributed by atoms with Crippen LogP contribution in [0.25, 0.3) is 11.3 Å². The zero-order chi connectivity index (χ0) is 19.0. The largest absolute Gasteiger partial charge is 0.497 e. The van der Waals surface area contributed by atoms with Gasteiger partial charge in [-0.15, -0.1) is 0 Å². The Labute approximate surface area is 164 Å². The molecule has 0 radical (unpaired) electrons. The van der Waals surface area contributed by atoms with E-state index in [4.69, 9.17) is 16.3 Å². The maximum Gasteiger partial charge on any atom is 0.261 e. The van der Waals surface area contributed by atoms with E-state index in [1.54, 1.807) is 24.1 Å². The maximum absolute atomic E-state index is 13.5. The predicted molar refractivity (Wildman–Crippen MR) is 106 cm³/mol. The van der Waals surface area contributed by atoms with E-state index in [9.17, 15) is 4.79 Å². The number of aryl methyl sites for hydroxylation is 1. The number of benzene rings is 1. The molecule has 2 aliphatic rings. The standard InChI is InChI=1S/C21H24ClN3O2/c1-24-20(16-10-9-15(27-2)12-18(16)22)17(13-23-24)21(26)25-11-5-7-14-6-3-4-8-19(14)25/h8-10,12-14H,3-7,11H2,1-2H3. The smallest absolute Gasteiger partial charge is 0.261 e. The lowest BCUT2D eigenvalue weighted by molar-refractivity contribution is 0.0749. The number of rotatable bonds is 3. The zero-order valence-corrected chi connectivity index (χ0v) is 16.5. The van der Waals surface area contributed by atoms with Gasteiger partial charge in [-0.05, 0) is 56.2 Å². The molecule has 1 atom stereocenters. The molecule has 1 aromatic carbocycles. The van der Waals surface area contributed by atoms with Crippen LogP contribution in [0.5, 0.6) is 5.75 Å². The van der Waals surface area contributed by atoms with Gasteiger partial charge in [-0.25, -0.2) is 0 Å². The van der Waals surface area contributed by atoms with Crippen molar-refractivity contribution in [2.75, 3.05) is 13.7 Å². The molecular weight excluding hydrogens is 362 g/mol. The van der Waals surface area contributed by atoms with Crippen molar-refractivity contribution in [3.63, 3.8) is 0 Å². The molecule has 1 saturated heterocycles. The number of allylic oxidation sites excluding steroid dienone is 2. The predicted octanol–water partition coefficient (Wildman–Crippen LogP) is 4.67. The zero-order valence-electron chi connectivity index (χ0n) is 15.7. The van der Waals surface area contributed by atoms with Crippen molar-refractivity contribution in [1.82, 2.24) is 14.7 Å². The van der Waals surface area contributed by atoms with E-state index < -0.39 is 0 Å². The van der Waals surface area contributed by atoms with Crippen LogP contribution in [0.1, 0.15) is 42.5 Å². The van der Waals surface area contributed by atoms with E-state index in [2.05, 4.69) is 11.2 Å². The highest BCUT2D eigenvalue weighted by molar-refractivity contribution is 6.33. The Morgan fingerprint density at radius 3 is 2.89 bits per heavy atom. The summed E-state index contributed by atoms with van der Waals surface area (Å²) < 4.78 is 6.96. The number of carbonyl (C=O) groups excluding carboxylic acids is 1. The summed E-state index contributed by atoms with van der Waals surface area (Å²) >= 11 is 6.49. The van der Waals surface area contributed by atoms with E-state index in [1.807, 2.05) is 24.1 Å². The molecule has 0 spiro atoms. The number of hydrogen-bond acceptors (Lipinski definition) is 3. The topological polar surface area (TPSA) is 47.4 Å². The Bertz CT molecular complexity index is 903. The number of likely N-dealkylation sites (tertiary alicyclic amines) is 1. The summed E-state index contributed by atoms with van der Waals surface area (Å²) in [7, 11) is 3.45. The molecular formula is C21H24ClN3O2. The molecule has 0 saturated carbocycles. The van der Waals surface area contributed by atoms with Crippen LogP contribution in [-0.2, 0) is 7.05 Å². The van der Waals surface area contributed by atoms with Crippen LogP contribution in [0.3, 0.4) is 0 Å². The van der Waals surface area contributed by atoms with Crippen molar-refractivity contribution in [2.24, 2.45) is 13.0 Å². The van der Waals surface area contributed by atoms with Gasteiger partial charge in [0.15, 0.2) is 0 Å². The first-order valence-corrected chi connectivity index (χ1v) is 9.85. The lowest BCUT2D eigenvalue weighted by Crippen LogP contribution is -2.39. The highest BCUT2D eigenvalue weighted by Gasteiger charge is 2.33. The fraction of sp³-hybridized carbons (Fsp3) is 0.429. The van der Waals surface area contributed by atoms with Crippen molar-refractivity contribution in [3.8, 4) is 17.0 Å². The molecule has 1 unspecified atom stereocenters. The molecule has 1 aliphatic heterocycles. The van der Waals surface area contributed by atoms with Crippen molar-refractivity contribution in [1.29, 1.82) is 0 Å². The van der Waals surface area contributed by atoms with Crippen molar-refractivity contribution >= 4 is 17.5 Å². The van der Waals surface area contributed by atoms with E-state index >= 15 is 0 Å². The first-order valence-electron chi connectivity index (χ1n) is 9.48. The number of carbonyl (C=O) groups is 1. The highest BCUT2D eigenvalue weighted by Crippen LogP contribution is 2.38. The average Bonchev–Trinajstić information content (AvgIpc) is 3.08. The third kappa shape index (κ3) is 3.25. The highest BCUT2D eigenvalue weighted by atomic mass is 35.5. The van der Waals surface area contributed by atoms with Gasteiger partial charge in [-0.1, -0.05) is 17.7 Å². The molecule has 6 heteroatoms. The molecule has 1 amide bonds. The van der Waals surface area contributed by atoms with Crippen molar-refractivity contribution < 1.29 is 9.53 Å². The van der Waals surface area contributed by atoms with Crippen molar-refractivity contribution in [3.05, 3.63) is 46.8 Å².